The number of anilines is 1. The lowest BCUT2D eigenvalue weighted by Crippen LogP contribution is -2.28. The molecule has 0 aliphatic heterocycles. The smallest absolute Gasteiger partial charge is 0.319 e. The van der Waals surface area contributed by atoms with E-state index in [4.69, 9.17) is 23.2 Å². The van der Waals surface area contributed by atoms with Crippen LogP contribution in [-0.2, 0) is 0 Å². The summed E-state index contributed by atoms with van der Waals surface area (Å²) in [6.07, 6.45) is 3.03. The minimum absolute atomic E-state index is 0.353. The number of hydrogen-bond acceptors (Lipinski definition) is 3. The Morgan fingerprint density at radius 1 is 1.08 bits per heavy atom. The Kier molecular flexibility index (Phi) is 7.20. The molecule has 0 fully saturated rings. The predicted octanol–water partition coefficient (Wildman–Crippen LogP) is 4.06. The quantitative estimate of drug-likeness (QED) is 0.394. The minimum atomic E-state index is -0.385. The topological polar surface area (TPSA) is 82.6 Å². The fourth-order valence-corrected chi connectivity index (χ4v) is 2.17. The molecule has 0 heterocycles. The number of carbonyl (C=O) groups is 2. The lowest BCUT2D eigenvalue weighted by molar-refractivity contribution is 0.0955. The summed E-state index contributed by atoms with van der Waals surface area (Å²) in [6, 6.07) is 11.0. The van der Waals surface area contributed by atoms with E-state index >= 15 is 0 Å². The minimum Gasteiger partial charge on any atom is -0.334 e. The van der Waals surface area contributed by atoms with Gasteiger partial charge in [-0.2, -0.15) is 5.10 Å². The molecule has 0 saturated carbocycles. The Balaban J connectivity index is 1.90. The SMILES string of the molecule is C=CCNC(=O)Nc1ccc(C(=O)N/N=C\c2ccc(Cl)c(Cl)c2)cc1. The number of hydrazone groups is 1. The maximum Gasteiger partial charge on any atom is 0.319 e. The van der Waals surface area contributed by atoms with Crippen LogP contribution < -0.4 is 16.1 Å². The Labute approximate surface area is 160 Å². The van der Waals surface area contributed by atoms with Crippen molar-refractivity contribution < 1.29 is 9.59 Å². The third-order valence-corrected chi connectivity index (χ3v) is 3.87. The van der Waals surface area contributed by atoms with Crippen LogP contribution in [0.15, 0.2) is 60.2 Å². The summed E-state index contributed by atoms with van der Waals surface area (Å²) < 4.78 is 0. The highest BCUT2D eigenvalue weighted by Gasteiger charge is 2.05. The highest BCUT2D eigenvalue weighted by atomic mass is 35.5. The van der Waals surface area contributed by atoms with Crippen LogP contribution in [0.4, 0.5) is 10.5 Å². The van der Waals surface area contributed by atoms with Crippen LogP contribution >= 0.6 is 23.2 Å². The van der Waals surface area contributed by atoms with Gasteiger partial charge in [0.2, 0.25) is 0 Å². The summed E-state index contributed by atoms with van der Waals surface area (Å²) in [7, 11) is 0. The maximum atomic E-state index is 12.0. The van der Waals surface area contributed by atoms with Crippen LogP contribution in [0.5, 0.6) is 0 Å². The average molecular weight is 391 g/mol. The second kappa shape index (κ2) is 9.60. The molecule has 0 spiro atoms. The molecule has 6 nitrogen and oxygen atoms in total. The fraction of sp³-hybridized carbons (Fsp3) is 0.0556. The Hall–Kier alpha value is -2.83. The average Bonchev–Trinajstić information content (AvgIpc) is 2.63. The molecule has 0 aromatic heterocycles. The van der Waals surface area contributed by atoms with Crippen LogP contribution in [0.1, 0.15) is 15.9 Å². The molecule has 0 unspecified atom stereocenters. The van der Waals surface area contributed by atoms with Crippen molar-refractivity contribution in [1.82, 2.24) is 10.7 Å². The second-order valence-electron chi connectivity index (χ2n) is 5.07. The van der Waals surface area contributed by atoms with Gasteiger partial charge in [0.25, 0.3) is 5.91 Å². The predicted molar refractivity (Wildman–Crippen MR) is 105 cm³/mol. The van der Waals surface area contributed by atoms with Gasteiger partial charge in [-0.05, 0) is 42.0 Å². The van der Waals surface area contributed by atoms with Crippen molar-refractivity contribution in [1.29, 1.82) is 0 Å². The number of nitrogens with one attached hydrogen (secondary N) is 3. The van der Waals surface area contributed by atoms with E-state index in [1.54, 1.807) is 48.5 Å². The molecule has 2 rings (SSSR count). The number of nitrogens with zero attached hydrogens (tertiary/aromatic N) is 1. The zero-order valence-electron chi connectivity index (χ0n) is 13.6. The Morgan fingerprint density at radius 2 is 1.81 bits per heavy atom. The standard InChI is InChI=1S/C18H16Cl2N4O2/c1-2-9-21-18(26)23-14-6-4-13(5-7-14)17(25)24-22-11-12-3-8-15(19)16(20)10-12/h2-8,10-11H,1,9H2,(H,24,25)(H2,21,23,26)/b22-11-. The molecule has 134 valence electrons. The summed E-state index contributed by atoms with van der Waals surface area (Å²) in [5.41, 5.74) is 4.07. The third kappa shape index (κ3) is 5.91. The summed E-state index contributed by atoms with van der Waals surface area (Å²) in [5, 5.41) is 9.95. The van der Waals surface area contributed by atoms with Crippen LogP contribution in [0.2, 0.25) is 10.0 Å². The van der Waals surface area contributed by atoms with E-state index < -0.39 is 0 Å². The Bertz CT molecular complexity index is 836. The van der Waals surface area contributed by atoms with Gasteiger partial charge in [0.1, 0.15) is 0 Å². The molecule has 0 radical (unpaired) electrons. The van der Waals surface area contributed by atoms with Crippen LogP contribution in [0, 0.1) is 0 Å². The molecular weight excluding hydrogens is 375 g/mol. The van der Waals surface area contributed by atoms with E-state index in [1.165, 1.54) is 6.21 Å². The molecule has 3 N–H and O–H groups in total. The van der Waals surface area contributed by atoms with Gasteiger partial charge in [0.15, 0.2) is 0 Å². The molecule has 2 aromatic rings. The van der Waals surface area contributed by atoms with E-state index in [9.17, 15) is 9.59 Å². The molecule has 3 amide bonds. The van der Waals surface area contributed by atoms with Crippen molar-refractivity contribution in [2.75, 3.05) is 11.9 Å². The van der Waals surface area contributed by atoms with Gasteiger partial charge in [-0.1, -0.05) is 35.3 Å². The van der Waals surface area contributed by atoms with Gasteiger partial charge in [-0.3, -0.25) is 4.79 Å². The molecule has 26 heavy (non-hydrogen) atoms. The van der Waals surface area contributed by atoms with E-state index in [1.807, 2.05) is 0 Å². The van der Waals surface area contributed by atoms with Crippen molar-refractivity contribution in [3.63, 3.8) is 0 Å². The first-order valence-corrected chi connectivity index (χ1v) is 8.29. The van der Waals surface area contributed by atoms with Gasteiger partial charge in [-0.25, -0.2) is 10.2 Å². The van der Waals surface area contributed by atoms with Crippen molar-refractivity contribution in [3.05, 3.63) is 76.3 Å². The first-order valence-electron chi connectivity index (χ1n) is 7.54. The summed E-state index contributed by atoms with van der Waals surface area (Å²) in [5.74, 6) is -0.385. The maximum absolute atomic E-state index is 12.0. The first kappa shape index (κ1) is 19.5. The monoisotopic (exact) mass is 390 g/mol. The van der Waals surface area contributed by atoms with Crippen LogP contribution in [0.3, 0.4) is 0 Å². The van der Waals surface area contributed by atoms with E-state index in [-0.39, 0.29) is 11.9 Å². The molecule has 0 saturated heterocycles. The van der Waals surface area contributed by atoms with Gasteiger partial charge in [-0.15, -0.1) is 6.58 Å². The summed E-state index contributed by atoms with van der Waals surface area (Å²) >= 11 is 11.7. The Morgan fingerprint density at radius 3 is 2.46 bits per heavy atom. The van der Waals surface area contributed by atoms with Crippen molar-refractivity contribution in [3.8, 4) is 0 Å². The van der Waals surface area contributed by atoms with Gasteiger partial charge in [0, 0.05) is 17.8 Å². The molecule has 0 bridgehead atoms. The highest BCUT2D eigenvalue weighted by Crippen LogP contribution is 2.21. The van der Waals surface area contributed by atoms with E-state index in [0.29, 0.717) is 33.4 Å². The van der Waals surface area contributed by atoms with E-state index in [0.717, 1.165) is 0 Å². The zero-order chi connectivity index (χ0) is 18.9. The number of halogens is 2. The highest BCUT2D eigenvalue weighted by molar-refractivity contribution is 6.42. The number of carbonyl (C=O) groups excluding carboxylic acids is 2. The number of amides is 3. The number of hydrogen-bond donors (Lipinski definition) is 3. The molecular formula is C18H16Cl2N4O2. The number of benzene rings is 2. The summed E-state index contributed by atoms with van der Waals surface area (Å²) in [4.78, 5) is 23.6. The molecule has 0 aliphatic carbocycles. The lowest BCUT2D eigenvalue weighted by Gasteiger charge is -2.06. The van der Waals surface area contributed by atoms with E-state index in [2.05, 4.69) is 27.7 Å². The first-order chi connectivity index (χ1) is 12.5. The summed E-state index contributed by atoms with van der Waals surface area (Å²) in [6.45, 7) is 3.88. The molecule has 0 aliphatic rings. The zero-order valence-corrected chi connectivity index (χ0v) is 15.1. The molecule has 8 heteroatoms. The third-order valence-electron chi connectivity index (χ3n) is 3.14. The largest absolute Gasteiger partial charge is 0.334 e. The van der Waals surface area contributed by atoms with Crippen LogP contribution in [0.25, 0.3) is 0 Å². The molecule has 0 atom stereocenters. The molecule has 2 aromatic carbocycles. The number of rotatable bonds is 6. The normalized spacial score (nSPS) is 10.4. The van der Waals surface area contributed by atoms with Crippen molar-refractivity contribution in [2.24, 2.45) is 5.10 Å². The van der Waals surface area contributed by atoms with Crippen LogP contribution in [-0.4, -0.2) is 24.7 Å². The lowest BCUT2D eigenvalue weighted by atomic mass is 10.2. The fourth-order valence-electron chi connectivity index (χ4n) is 1.87. The van der Waals surface area contributed by atoms with Gasteiger partial charge < -0.3 is 10.6 Å². The van der Waals surface area contributed by atoms with Gasteiger partial charge in [0.05, 0.1) is 16.3 Å². The van der Waals surface area contributed by atoms with Gasteiger partial charge >= 0.3 is 6.03 Å². The second-order valence-corrected chi connectivity index (χ2v) is 5.89. The van der Waals surface area contributed by atoms with Crippen molar-refractivity contribution >= 4 is 47.0 Å². The van der Waals surface area contributed by atoms with Crippen molar-refractivity contribution in [2.45, 2.75) is 0 Å². The number of urea groups is 1.